The topological polar surface area (TPSA) is 35.5 Å². The van der Waals surface area contributed by atoms with Crippen LogP contribution in [0.2, 0.25) is 10.0 Å². The van der Waals surface area contributed by atoms with Crippen molar-refractivity contribution in [3.05, 3.63) is 27.7 Å². The summed E-state index contributed by atoms with van der Waals surface area (Å²) in [6, 6.07) is 3.21. The minimum Gasteiger partial charge on any atom is -0.492 e. The second-order valence-electron chi connectivity index (χ2n) is 4.45. The summed E-state index contributed by atoms with van der Waals surface area (Å²) >= 11 is 12.3. The van der Waals surface area contributed by atoms with Gasteiger partial charge in [0.1, 0.15) is 5.75 Å². The highest BCUT2D eigenvalue weighted by Gasteiger charge is 2.25. The zero-order valence-electron chi connectivity index (χ0n) is 10.7. The summed E-state index contributed by atoms with van der Waals surface area (Å²) in [4.78, 5) is 12.4. The third-order valence-corrected chi connectivity index (χ3v) is 3.79. The molecule has 0 aliphatic carbocycles. The molecular weight excluding hydrogens is 287 g/mol. The van der Waals surface area contributed by atoms with Crippen molar-refractivity contribution in [2.45, 2.75) is 19.8 Å². The van der Waals surface area contributed by atoms with E-state index in [0.717, 1.165) is 12.8 Å². The summed E-state index contributed by atoms with van der Waals surface area (Å²) < 4.78 is 10.6. The summed E-state index contributed by atoms with van der Waals surface area (Å²) in [7, 11) is 0. The Labute approximate surface area is 122 Å². The van der Waals surface area contributed by atoms with E-state index in [1.165, 1.54) is 0 Å². The fraction of sp³-hybridized carbons (Fsp3) is 0.500. The molecule has 0 radical (unpaired) electrons. The van der Waals surface area contributed by atoms with E-state index in [1.807, 2.05) is 6.92 Å². The van der Waals surface area contributed by atoms with Gasteiger partial charge in [0, 0.05) is 30.8 Å². The molecule has 0 bridgehead atoms. The highest BCUT2D eigenvalue weighted by Crippen LogP contribution is 2.33. The van der Waals surface area contributed by atoms with Crippen LogP contribution in [0.15, 0.2) is 12.1 Å². The highest BCUT2D eigenvalue weighted by atomic mass is 35.5. The van der Waals surface area contributed by atoms with Crippen LogP contribution < -0.4 is 4.74 Å². The molecular formula is C14H16Cl2O3. The molecule has 1 aromatic carbocycles. The molecule has 0 aromatic heterocycles. The van der Waals surface area contributed by atoms with E-state index in [9.17, 15) is 4.79 Å². The predicted octanol–water partition coefficient (Wildman–Crippen LogP) is 4.00. The summed E-state index contributed by atoms with van der Waals surface area (Å²) in [5, 5.41) is 0.811. The molecule has 0 N–H and O–H groups in total. The number of Topliss-reactive ketones (excluding diaryl/α,β-unsaturated/α-hetero) is 1. The van der Waals surface area contributed by atoms with Crippen molar-refractivity contribution in [2.75, 3.05) is 19.8 Å². The van der Waals surface area contributed by atoms with Crippen LogP contribution in [0, 0.1) is 5.92 Å². The number of carbonyl (C=O) groups excluding carboxylic acids is 1. The van der Waals surface area contributed by atoms with Gasteiger partial charge in [-0.25, -0.2) is 0 Å². The van der Waals surface area contributed by atoms with Crippen molar-refractivity contribution in [2.24, 2.45) is 5.92 Å². The first-order chi connectivity index (χ1) is 9.13. The minimum absolute atomic E-state index is 0.0275. The number of ether oxygens (including phenoxy) is 2. The molecule has 0 atom stereocenters. The molecule has 3 nitrogen and oxygen atoms in total. The largest absolute Gasteiger partial charge is 0.492 e. The number of halogens is 2. The van der Waals surface area contributed by atoms with Gasteiger partial charge in [0.25, 0.3) is 0 Å². The fourth-order valence-electron chi connectivity index (χ4n) is 2.16. The van der Waals surface area contributed by atoms with Gasteiger partial charge in [-0.15, -0.1) is 0 Å². The molecule has 104 valence electrons. The summed E-state index contributed by atoms with van der Waals surface area (Å²) in [5.41, 5.74) is 0.474. The van der Waals surface area contributed by atoms with Crippen molar-refractivity contribution in [3.8, 4) is 5.75 Å². The van der Waals surface area contributed by atoms with Crippen LogP contribution in [-0.2, 0) is 4.74 Å². The van der Waals surface area contributed by atoms with Crippen molar-refractivity contribution >= 4 is 29.0 Å². The Balaban J connectivity index is 2.24. The standard InChI is InChI=1S/C14H16Cl2O3/c1-2-19-13-8-11(15)10(7-12(13)16)14(17)9-3-5-18-6-4-9/h7-9H,2-6H2,1H3. The first-order valence-electron chi connectivity index (χ1n) is 6.37. The molecule has 19 heavy (non-hydrogen) atoms. The number of hydrogen-bond acceptors (Lipinski definition) is 3. The summed E-state index contributed by atoms with van der Waals surface area (Å²) in [5.74, 6) is 0.524. The number of ketones is 1. The quantitative estimate of drug-likeness (QED) is 0.789. The van der Waals surface area contributed by atoms with E-state index in [-0.39, 0.29) is 11.7 Å². The molecule has 5 heteroatoms. The lowest BCUT2D eigenvalue weighted by atomic mass is 9.91. The van der Waals surface area contributed by atoms with E-state index in [2.05, 4.69) is 0 Å². The van der Waals surface area contributed by atoms with Gasteiger partial charge in [-0.3, -0.25) is 4.79 Å². The van der Waals surface area contributed by atoms with E-state index < -0.39 is 0 Å². The number of hydrogen-bond donors (Lipinski definition) is 0. The number of carbonyl (C=O) groups is 1. The van der Waals surface area contributed by atoms with Crippen LogP contribution >= 0.6 is 23.2 Å². The number of benzene rings is 1. The first-order valence-corrected chi connectivity index (χ1v) is 7.13. The molecule has 1 aliphatic rings. The van der Waals surface area contributed by atoms with Gasteiger partial charge < -0.3 is 9.47 Å². The van der Waals surface area contributed by atoms with Gasteiger partial charge >= 0.3 is 0 Å². The maximum absolute atomic E-state index is 12.4. The van der Waals surface area contributed by atoms with Gasteiger partial charge in [0.2, 0.25) is 0 Å². The molecule has 0 spiro atoms. The number of rotatable bonds is 4. The van der Waals surface area contributed by atoms with Crippen LogP contribution in [0.25, 0.3) is 0 Å². The lowest BCUT2D eigenvalue weighted by molar-refractivity contribution is 0.0545. The Morgan fingerprint density at radius 1 is 1.32 bits per heavy atom. The van der Waals surface area contributed by atoms with Gasteiger partial charge in [0.15, 0.2) is 5.78 Å². The lowest BCUT2D eigenvalue weighted by Gasteiger charge is -2.21. The van der Waals surface area contributed by atoms with Crippen molar-refractivity contribution < 1.29 is 14.3 Å². The van der Waals surface area contributed by atoms with E-state index >= 15 is 0 Å². The van der Waals surface area contributed by atoms with E-state index in [4.69, 9.17) is 32.7 Å². The normalized spacial score (nSPS) is 16.4. The van der Waals surface area contributed by atoms with Crippen LogP contribution in [0.5, 0.6) is 5.75 Å². The van der Waals surface area contributed by atoms with Gasteiger partial charge in [0.05, 0.1) is 16.7 Å². The fourth-order valence-corrected chi connectivity index (χ4v) is 2.63. The molecule has 0 saturated carbocycles. The van der Waals surface area contributed by atoms with Crippen LogP contribution in [-0.4, -0.2) is 25.6 Å². The second-order valence-corrected chi connectivity index (χ2v) is 5.26. The molecule has 0 amide bonds. The van der Waals surface area contributed by atoms with E-state index in [1.54, 1.807) is 12.1 Å². The summed E-state index contributed by atoms with van der Waals surface area (Å²) in [6.07, 6.45) is 1.47. The third-order valence-electron chi connectivity index (χ3n) is 3.18. The molecule has 1 aliphatic heterocycles. The average Bonchev–Trinajstić information content (AvgIpc) is 2.43. The van der Waals surface area contributed by atoms with Gasteiger partial charge in [-0.2, -0.15) is 0 Å². The molecule has 1 saturated heterocycles. The Hall–Kier alpha value is -0.770. The molecule has 1 aromatic rings. The Morgan fingerprint density at radius 2 is 2.00 bits per heavy atom. The average molecular weight is 303 g/mol. The predicted molar refractivity (Wildman–Crippen MR) is 75.5 cm³/mol. The Morgan fingerprint density at radius 3 is 2.63 bits per heavy atom. The van der Waals surface area contributed by atoms with Gasteiger partial charge in [-0.05, 0) is 25.8 Å². The maximum Gasteiger partial charge on any atom is 0.167 e. The van der Waals surface area contributed by atoms with E-state index in [0.29, 0.717) is 41.2 Å². The van der Waals surface area contributed by atoms with Crippen LogP contribution in [0.4, 0.5) is 0 Å². The van der Waals surface area contributed by atoms with Crippen molar-refractivity contribution in [1.29, 1.82) is 0 Å². The minimum atomic E-state index is -0.0275. The van der Waals surface area contributed by atoms with Crippen LogP contribution in [0.1, 0.15) is 30.1 Å². The lowest BCUT2D eigenvalue weighted by Crippen LogP contribution is -2.23. The van der Waals surface area contributed by atoms with Gasteiger partial charge in [-0.1, -0.05) is 23.2 Å². The molecule has 2 rings (SSSR count). The molecule has 1 fully saturated rings. The Bertz CT molecular complexity index is 468. The second kappa shape index (κ2) is 6.60. The van der Waals surface area contributed by atoms with Crippen LogP contribution in [0.3, 0.4) is 0 Å². The zero-order valence-corrected chi connectivity index (χ0v) is 12.3. The SMILES string of the molecule is CCOc1cc(Cl)c(C(=O)C2CCOCC2)cc1Cl. The Kier molecular flexibility index (Phi) is 5.08. The third kappa shape index (κ3) is 3.41. The smallest absolute Gasteiger partial charge is 0.167 e. The maximum atomic E-state index is 12.4. The monoisotopic (exact) mass is 302 g/mol. The summed E-state index contributed by atoms with van der Waals surface area (Å²) in [6.45, 7) is 3.62. The van der Waals surface area contributed by atoms with Crippen molar-refractivity contribution in [3.63, 3.8) is 0 Å². The molecule has 1 heterocycles. The first kappa shape index (κ1) is 14.6. The van der Waals surface area contributed by atoms with Crippen molar-refractivity contribution in [1.82, 2.24) is 0 Å². The zero-order chi connectivity index (χ0) is 13.8. The molecule has 0 unspecified atom stereocenters. The highest BCUT2D eigenvalue weighted by molar-refractivity contribution is 6.36.